The van der Waals surface area contributed by atoms with Crippen molar-refractivity contribution in [1.82, 2.24) is 9.62 Å². The van der Waals surface area contributed by atoms with Gasteiger partial charge in [-0.05, 0) is 67.1 Å². The summed E-state index contributed by atoms with van der Waals surface area (Å²) in [4.78, 5) is -0.339. The molecule has 0 aromatic heterocycles. The third kappa shape index (κ3) is 8.13. The first-order chi connectivity index (χ1) is 22.3. The Morgan fingerprint density at radius 3 is 2.38 bits per heavy atom. The van der Waals surface area contributed by atoms with E-state index in [9.17, 15) is 26.3 Å². The fourth-order valence-corrected chi connectivity index (χ4v) is 8.38. The first-order valence-corrected chi connectivity index (χ1v) is 18.9. The van der Waals surface area contributed by atoms with Crippen LogP contribution >= 0.6 is 0 Å². The van der Waals surface area contributed by atoms with Gasteiger partial charge in [-0.15, -0.1) is 0 Å². The molecule has 2 heterocycles. The van der Waals surface area contributed by atoms with Gasteiger partial charge < -0.3 is 30.4 Å². The normalized spacial score (nSPS) is 19.1. The van der Waals surface area contributed by atoms with Crippen LogP contribution in [0.15, 0.2) is 70.5 Å². The summed E-state index contributed by atoms with van der Waals surface area (Å²) in [7, 11) is -7.64. The molecular weight excluding hydrogens is 650 g/mol. The van der Waals surface area contributed by atoms with E-state index < -0.39 is 42.3 Å². The summed E-state index contributed by atoms with van der Waals surface area (Å²) in [5.74, 6) is -0.933. The first-order valence-electron chi connectivity index (χ1n) is 15.6. The van der Waals surface area contributed by atoms with Crippen molar-refractivity contribution in [3.8, 4) is 22.6 Å². The van der Waals surface area contributed by atoms with Crippen molar-refractivity contribution in [3.05, 3.63) is 72.0 Å². The zero-order valence-electron chi connectivity index (χ0n) is 26.5. The predicted molar refractivity (Wildman–Crippen MR) is 175 cm³/mol. The highest BCUT2D eigenvalue weighted by Gasteiger charge is 2.45. The van der Waals surface area contributed by atoms with Crippen molar-refractivity contribution in [2.24, 2.45) is 5.73 Å². The molecule has 2 aliphatic heterocycles. The highest BCUT2D eigenvalue weighted by Crippen LogP contribution is 2.39. The van der Waals surface area contributed by atoms with Gasteiger partial charge in [-0.3, -0.25) is 0 Å². The number of benzene rings is 3. The number of nitrogens with one attached hydrogen (secondary N) is 1. The molecule has 256 valence electrons. The Labute approximate surface area is 275 Å². The van der Waals surface area contributed by atoms with Crippen LogP contribution < -0.4 is 20.5 Å². The molecule has 2 atom stereocenters. The molecule has 5 rings (SSSR count). The standard InChI is InChI=1S/C33H42FN3O8S2/c1-3-43-28-12-11-25(24-9-7-23(19-35)8-10-24)17-31(28)47(41,42)37-15-13-33(14-16-37)18-26(21-45-33)36-20-27(38)22-44-29-5-4-6-30(32(29)34)46(2,39)40/h4-12,17,26-27,36,38H,3,13-16,18-22,35H2,1-2H3/t26-,27?/m0/s1. The molecule has 3 aromatic rings. The van der Waals surface area contributed by atoms with Gasteiger partial charge in [0.25, 0.3) is 0 Å². The summed E-state index contributed by atoms with van der Waals surface area (Å²) in [6.45, 7) is 3.42. The van der Waals surface area contributed by atoms with Gasteiger partial charge in [-0.2, -0.15) is 4.31 Å². The Morgan fingerprint density at radius 2 is 1.72 bits per heavy atom. The van der Waals surface area contributed by atoms with Crippen molar-refractivity contribution in [2.75, 3.05) is 45.7 Å². The molecule has 1 spiro atoms. The summed E-state index contributed by atoms with van der Waals surface area (Å²) in [5.41, 5.74) is 7.86. The van der Waals surface area contributed by atoms with Gasteiger partial charge in [-0.1, -0.05) is 36.4 Å². The lowest BCUT2D eigenvalue weighted by Crippen LogP contribution is -2.47. The lowest BCUT2D eigenvalue weighted by Gasteiger charge is -2.38. The van der Waals surface area contributed by atoms with E-state index in [2.05, 4.69) is 5.32 Å². The molecule has 14 heteroatoms. The smallest absolute Gasteiger partial charge is 0.246 e. The third-order valence-electron chi connectivity index (χ3n) is 8.63. The van der Waals surface area contributed by atoms with Gasteiger partial charge in [0.15, 0.2) is 21.4 Å². The first kappa shape index (κ1) is 35.2. The van der Waals surface area contributed by atoms with Crippen molar-refractivity contribution >= 4 is 19.9 Å². The molecule has 2 fully saturated rings. The fourth-order valence-electron chi connectivity index (χ4n) is 6.03. The minimum atomic E-state index is -3.87. The molecule has 1 unspecified atom stereocenters. The van der Waals surface area contributed by atoms with E-state index in [-0.39, 0.29) is 42.9 Å². The van der Waals surface area contributed by atoms with E-state index in [1.807, 2.05) is 37.3 Å². The maximum absolute atomic E-state index is 14.5. The average molecular weight is 692 g/mol. The van der Waals surface area contributed by atoms with Gasteiger partial charge >= 0.3 is 0 Å². The van der Waals surface area contributed by atoms with Crippen LogP contribution in [0.3, 0.4) is 0 Å². The van der Waals surface area contributed by atoms with Gasteiger partial charge in [-0.25, -0.2) is 21.2 Å². The number of aliphatic hydroxyl groups excluding tert-OH is 1. The van der Waals surface area contributed by atoms with Gasteiger partial charge in [0.1, 0.15) is 28.3 Å². The number of halogens is 1. The minimum Gasteiger partial charge on any atom is -0.492 e. The number of rotatable bonds is 13. The molecule has 47 heavy (non-hydrogen) atoms. The summed E-state index contributed by atoms with van der Waals surface area (Å²) in [5, 5.41) is 13.7. The summed E-state index contributed by atoms with van der Waals surface area (Å²) >= 11 is 0. The Balaban J connectivity index is 1.16. The van der Waals surface area contributed by atoms with Crippen LogP contribution in [0.25, 0.3) is 11.1 Å². The molecule has 11 nitrogen and oxygen atoms in total. The Morgan fingerprint density at radius 1 is 1.02 bits per heavy atom. The van der Waals surface area contributed by atoms with Crippen molar-refractivity contribution in [3.63, 3.8) is 0 Å². The lowest BCUT2D eigenvalue weighted by molar-refractivity contribution is -0.0312. The number of nitrogens with zero attached hydrogens (tertiary/aromatic N) is 1. The van der Waals surface area contributed by atoms with E-state index in [0.717, 1.165) is 29.0 Å². The number of hydrogen-bond acceptors (Lipinski definition) is 10. The molecule has 0 amide bonds. The fraction of sp³-hybridized carbons (Fsp3) is 0.455. The molecule has 3 aromatic carbocycles. The maximum Gasteiger partial charge on any atom is 0.246 e. The number of hydrogen-bond donors (Lipinski definition) is 3. The van der Waals surface area contributed by atoms with Crippen LogP contribution in [0, 0.1) is 5.82 Å². The maximum atomic E-state index is 14.5. The Hall–Kier alpha value is -3.11. The molecule has 4 N–H and O–H groups in total. The molecule has 0 radical (unpaired) electrons. The molecule has 0 bridgehead atoms. The highest BCUT2D eigenvalue weighted by atomic mass is 32.2. The molecular formula is C33H42FN3O8S2. The monoisotopic (exact) mass is 691 g/mol. The van der Waals surface area contributed by atoms with Crippen LogP contribution in [0.4, 0.5) is 4.39 Å². The molecule has 2 aliphatic rings. The Kier molecular flexibility index (Phi) is 10.9. The van der Waals surface area contributed by atoms with Crippen LogP contribution in [0.2, 0.25) is 0 Å². The topological polar surface area (TPSA) is 157 Å². The summed E-state index contributed by atoms with van der Waals surface area (Å²) < 4.78 is 84.8. The second-order valence-electron chi connectivity index (χ2n) is 12.0. The zero-order chi connectivity index (χ0) is 33.8. The van der Waals surface area contributed by atoms with E-state index >= 15 is 0 Å². The lowest BCUT2D eigenvalue weighted by atomic mass is 9.88. The molecule has 0 aliphatic carbocycles. The second-order valence-corrected chi connectivity index (χ2v) is 15.9. The van der Waals surface area contributed by atoms with Crippen LogP contribution in [0.5, 0.6) is 11.5 Å². The number of ether oxygens (including phenoxy) is 3. The van der Waals surface area contributed by atoms with Gasteiger partial charge in [0.05, 0.1) is 18.8 Å². The minimum absolute atomic E-state index is 0.0787. The average Bonchev–Trinajstić information content (AvgIpc) is 3.45. The summed E-state index contributed by atoms with van der Waals surface area (Å²) in [6, 6.07) is 16.7. The van der Waals surface area contributed by atoms with Crippen molar-refractivity contribution in [2.45, 2.75) is 60.3 Å². The van der Waals surface area contributed by atoms with Crippen molar-refractivity contribution in [1.29, 1.82) is 0 Å². The van der Waals surface area contributed by atoms with Crippen LogP contribution in [0.1, 0.15) is 31.7 Å². The van der Waals surface area contributed by atoms with E-state index in [0.29, 0.717) is 44.8 Å². The van der Waals surface area contributed by atoms with E-state index in [1.54, 1.807) is 12.1 Å². The van der Waals surface area contributed by atoms with E-state index in [4.69, 9.17) is 19.9 Å². The van der Waals surface area contributed by atoms with Crippen LogP contribution in [-0.2, 0) is 31.1 Å². The number of sulfonamides is 1. The van der Waals surface area contributed by atoms with Crippen molar-refractivity contribution < 1.29 is 40.5 Å². The molecule has 2 saturated heterocycles. The second kappa shape index (κ2) is 14.6. The SMILES string of the molecule is CCOc1ccc(-c2ccc(CN)cc2)cc1S(=O)(=O)N1CCC2(CC1)C[C@H](NCC(O)COc1cccc(S(C)(=O)=O)c1F)CO2. The Bertz CT molecular complexity index is 1760. The van der Waals surface area contributed by atoms with E-state index in [1.165, 1.54) is 16.4 Å². The van der Waals surface area contributed by atoms with Gasteiger partial charge in [0.2, 0.25) is 10.0 Å². The number of piperidine rings is 1. The van der Waals surface area contributed by atoms with Crippen LogP contribution in [-0.4, -0.2) is 89.7 Å². The predicted octanol–water partition coefficient (Wildman–Crippen LogP) is 3.10. The van der Waals surface area contributed by atoms with Gasteiger partial charge in [0, 0.05) is 38.5 Å². The number of nitrogens with two attached hydrogens (primary N) is 1. The largest absolute Gasteiger partial charge is 0.492 e. The zero-order valence-corrected chi connectivity index (χ0v) is 28.2. The number of sulfone groups is 1. The highest BCUT2D eigenvalue weighted by molar-refractivity contribution is 7.90. The number of aliphatic hydroxyl groups is 1. The quantitative estimate of drug-likeness (QED) is 0.243. The molecule has 0 saturated carbocycles. The summed E-state index contributed by atoms with van der Waals surface area (Å²) in [6.07, 6.45) is 1.58. The third-order valence-corrected chi connectivity index (χ3v) is 11.7.